The van der Waals surface area contributed by atoms with E-state index in [9.17, 15) is 9.59 Å². The summed E-state index contributed by atoms with van der Waals surface area (Å²) in [6, 6.07) is 0. The summed E-state index contributed by atoms with van der Waals surface area (Å²) in [7, 11) is 0. The number of rotatable bonds is 7. The molecule has 0 spiro atoms. The number of hydrogen-bond donors (Lipinski definition) is 2. The molecule has 2 N–H and O–H groups in total. The molecule has 0 saturated heterocycles. The van der Waals surface area contributed by atoms with E-state index < -0.39 is 11.8 Å². The van der Waals surface area contributed by atoms with Crippen LogP contribution in [0.2, 0.25) is 0 Å². The molecular weight excluding hydrogens is 264 g/mol. The van der Waals surface area contributed by atoms with Crippen molar-refractivity contribution in [3.8, 4) is 0 Å². The summed E-state index contributed by atoms with van der Waals surface area (Å²) in [5, 5.41) is 12.6. The molecule has 0 aliphatic rings. The number of amides is 2. The van der Waals surface area contributed by atoms with Crippen LogP contribution in [0.25, 0.3) is 0 Å². The van der Waals surface area contributed by atoms with Crippen LogP contribution in [0.3, 0.4) is 0 Å². The van der Waals surface area contributed by atoms with Crippen molar-refractivity contribution in [2.75, 3.05) is 11.9 Å². The average molecular weight is 284 g/mol. The van der Waals surface area contributed by atoms with E-state index in [-0.39, 0.29) is 0 Å². The predicted molar refractivity (Wildman–Crippen MR) is 74.9 cm³/mol. The number of nitrogens with one attached hydrogen (secondary N) is 2. The molecule has 0 fully saturated rings. The van der Waals surface area contributed by atoms with Crippen molar-refractivity contribution < 1.29 is 9.59 Å². The fourth-order valence-corrected chi connectivity index (χ4v) is 2.08. The standard InChI is InChI=1S/C12H20N4O2S/c1-3-5-6-9(4-2)7-13-10(17)11(18)15-12-16-14-8-19-12/h8-9H,3-7H2,1-2H3,(H,13,17)(H,15,16,18). The second-order valence-corrected chi connectivity index (χ2v) is 5.16. The third kappa shape index (κ3) is 5.78. The topological polar surface area (TPSA) is 84.0 Å². The number of carbonyl (C=O) groups is 2. The third-order valence-corrected chi connectivity index (χ3v) is 3.49. The van der Waals surface area contributed by atoms with Gasteiger partial charge in [-0.1, -0.05) is 44.4 Å². The van der Waals surface area contributed by atoms with Crippen molar-refractivity contribution in [3.05, 3.63) is 5.51 Å². The summed E-state index contributed by atoms with van der Waals surface area (Å²) in [6.07, 6.45) is 4.36. The van der Waals surface area contributed by atoms with Gasteiger partial charge in [-0.05, 0) is 12.3 Å². The van der Waals surface area contributed by atoms with Crippen molar-refractivity contribution in [1.29, 1.82) is 0 Å². The Bertz CT molecular complexity index is 394. The van der Waals surface area contributed by atoms with Gasteiger partial charge in [0.25, 0.3) is 0 Å². The minimum absolute atomic E-state index is 0.332. The number of unbranched alkanes of at least 4 members (excludes halogenated alkanes) is 1. The van der Waals surface area contributed by atoms with Gasteiger partial charge >= 0.3 is 11.8 Å². The van der Waals surface area contributed by atoms with Crippen LogP contribution in [0.4, 0.5) is 5.13 Å². The SMILES string of the molecule is CCCCC(CC)CNC(=O)C(=O)Nc1nncs1. The zero-order valence-corrected chi connectivity index (χ0v) is 12.1. The van der Waals surface area contributed by atoms with Gasteiger partial charge < -0.3 is 5.32 Å². The Kier molecular flexibility index (Phi) is 7.02. The molecule has 7 heteroatoms. The minimum Gasteiger partial charge on any atom is -0.348 e. The Morgan fingerprint density at radius 2 is 2.16 bits per heavy atom. The second kappa shape index (κ2) is 8.58. The lowest BCUT2D eigenvalue weighted by Crippen LogP contribution is -2.38. The van der Waals surface area contributed by atoms with Gasteiger partial charge in [-0.25, -0.2) is 0 Å². The molecule has 6 nitrogen and oxygen atoms in total. The monoisotopic (exact) mass is 284 g/mol. The normalized spacial score (nSPS) is 11.9. The van der Waals surface area contributed by atoms with Crippen molar-refractivity contribution in [1.82, 2.24) is 15.5 Å². The molecule has 19 heavy (non-hydrogen) atoms. The summed E-state index contributed by atoms with van der Waals surface area (Å²) >= 11 is 1.17. The summed E-state index contributed by atoms with van der Waals surface area (Å²) in [5.74, 6) is -0.884. The van der Waals surface area contributed by atoms with Crippen molar-refractivity contribution >= 4 is 28.3 Å². The molecule has 1 atom stereocenters. The summed E-state index contributed by atoms with van der Waals surface area (Å²) < 4.78 is 0. The van der Waals surface area contributed by atoms with Gasteiger partial charge in [0.2, 0.25) is 5.13 Å². The summed E-state index contributed by atoms with van der Waals surface area (Å²) in [6.45, 7) is 4.77. The number of carbonyl (C=O) groups excluding carboxylic acids is 2. The fraction of sp³-hybridized carbons (Fsp3) is 0.667. The Morgan fingerprint density at radius 3 is 2.74 bits per heavy atom. The molecular formula is C12H20N4O2S. The van der Waals surface area contributed by atoms with E-state index in [0.29, 0.717) is 17.6 Å². The number of hydrogen-bond acceptors (Lipinski definition) is 5. The molecule has 1 unspecified atom stereocenters. The van der Waals surface area contributed by atoms with Crippen LogP contribution in [0.1, 0.15) is 39.5 Å². The first kappa shape index (κ1) is 15.6. The van der Waals surface area contributed by atoms with Gasteiger partial charge in [-0.15, -0.1) is 10.2 Å². The highest BCUT2D eigenvalue weighted by atomic mass is 32.1. The lowest BCUT2D eigenvalue weighted by atomic mass is 9.99. The highest BCUT2D eigenvalue weighted by Crippen LogP contribution is 2.11. The van der Waals surface area contributed by atoms with E-state index in [2.05, 4.69) is 34.7 Å². The Hall–Kier alpha value is -1.50. The highest BCUT2D eigenvalue weighted by Gasteiger charge is 2.16. The molecule has 2 amide bonds. The Morgan fingerprint density at radius 1 is 1.37 bits per heavy atom. The molecule has 0 bridgehead atoms. The quantitative estimate of drug-likeness (QED) is 0.748. The van der Waals surface area contributed by atoms with E-state index in [1.165, 1.54) is 16.8 Å². The zero-order chi connectivity index (χ0) is 14.1. The van der Waals surface area contributed by atoms with Crippen LogP contribution in [-0.2, 0) is 9.59 Å². The first-order chi connectivity index (χ1) is 9.17. The van der Waals surface area contributed by atoms with Crippen LogP contribution in [0.5, 0.6) is 0 Å². The fourth-order valence-electron chi connectivity index (χ4n) is 1.64. The van der Waals surface area contributed by atoms with E-state index >= 15 is 0 Å². The zero-order valence-electron chi connectivity index (χ0n) is 11.3. The smallest absolute Gasteiger partial charge is 0.315 e. The van der Waals surface area contributed by atoms with Crippen LogP contribution in [0, 0.1) is 5.92 Å². The Balaban J connectivity index is 2.31. The molecule has 0 radical (unpaired) electrons. The van der Waals surface area contributed by atoms with Gasteiger partial charge in [-0.2, -0.15) is 0 Å². The molecule has 0 aliphatic carbocycles. The average Bonchev–Trinajstić information content (AvgIpc) is 2.91. The second-order valence-electron chi connectivity index (χ2n) is 4.32. The molecule has 1 aromatic rings. The predicted octanol–water partition coefficient (Wildman–Crippen LogP) is 1.81. The summed E-state index contributed by atoms with van der Waals surface area (Å²) in [5.41, 5.74) is 1.49. The molecule has 1 rings (SSSR count). The van der Waals surface area contributed by atoms with Crippen LogP contribution >= 0.6 is 11.3 Å². The third-order valence-electron chi connectivity index (χ3n) is 2.88. The lowest BCUT2D eigenvalue weighted by Gasteiger charge is -2.14. The molecule has 1 aromatic heterocycles. The maximum Gasteiger partial charge on any atom is 0.315 e. The van der Waals surface area contributed by atoms with Gasteiger partial charge in [0, 0.05) is 6.54 Å². The molecule has 106 valence electrons. The first-order valence-electron chi connectivity index (χ1n) is 6.52. The minimum atomic E-state index is -0.693. The molecule has 0 saturated carbocycles. The van der Waals surface area contributed by atoms with Gasteiger partial charge in [0.1, 0.15) is 5.51 Å². The van der Waals surface area contributed by atoms with Gasteiger partial charge in [-0.3, -0.25) is 14.9 Å². The van der Waals surface area contributed by atoms with Crippen molar-refractivity contribution in [2.45, 2.75) is 39.5 Å². The van der Waals surface area contributed by atoms with Gasteiger partial charge in [0.15, 0.2) is 0 Å². The van der Waals surface area contributed by atoms with E-state index in [1.807, 2.05) is 0 Å². The molecule has 0 aliphatic heterocycles. The van der Waals surface area contributed by atoms with E-state index in [4.69, 9.17) is 0 Å². The maximum absolute atomic E-state index is 11.6. The van der Waals surface area contributed by atoms with Crippen LogP contribution in [0.15, 0.2) is 5.51 Å². The van der Waals surface area contributed by atoms with Crippen molar-refractivity contribution in [2.24, 2.45) is 5.92 Å². The lowest BCUT2D eigenvalue weighted by molar-refractivity contribution is -0.136. The van der Waals surface area contributed by atoms with Crippen LogP contribution in [-0.4, -0.2) is 28.6 Å². The number of aromatic nitrogens is 2. The molecule has 1 heterocycles. The van der Waals surface area contributed by atoms with Gasteiger partial charge in [0.05, 0.1) is 0 Å². The Labute approximate surface area is 117 Å². The summed E-state index contributed by atoms with van der Waals surface area (Å²) in [4.78, 5) is 23.1. The number of nitrogens with zero attached hydrogens (tertiary/aromatic N) is 2. The molecule has 0 aromatic carbocycles. The largest absolute Gasteiger partial charge is 0.348 e. The van der Waals surface area contributed by atoms with Crippen molar-refractivity contribution in [3.63, 3.8) is 0 Å². The van der Waals surface area contributed by atoms with Crippen LogP contribution < -0.4 is 10.6 Å². The van der Waals surface area contributed by atoms with E-state index in [1.54, 1.807) is 0 Å². The first-order valence-corrected chi connectivity index (χ1v) is 7.40. The maximum atomic E-state index is 11.6. The van der Waals surface area contributed by atoms with E-state index in [0.717, 1.165) is 25.7 Å². The highest BCUT2D eigenvalue weighted by molar-refractivity contribution is 7.13. The number of anilines is 1.